The highest BCUT2D eigenvalue weighted by Crippen LogP contribution is 2.00. The Morgan fingerprint density at radius 2 is 1.83 bits per heavy atom. The quantitative estimate of drug-likeness (QED) is 0.362. The normalized spacial score (nSPS) is 9.33. The number of hydrogen-bond donors (Lipinski definition) is 0. The molecule has 0 aromatic carbocycles. The molecule has 0 fully saturated rings. The van der Waals surface area contributed by atoms with E-state index in [9.17, 15) is 9.59 Å². The molecule has 0 atom stereocenters. The first kappa shape index (κ1) is 10.7. The molecule has 0 aromatic heterocycles. The second-order valence-electron chi connectivity index (χ2n) is 2.47. The topological polar surface area (TPSA) is 52.6 Å². The Balaban J connectivity index is 3.94. The van der Waals surface area contributed by atoms with Gasteiger partial charge in [-0.15, -0.1) is 0 Å². The minimum Gasteiger partial charge on any atom is -0.457 e. The van der Waals surface area contributed by atoms with E-state index in [1.165, 1.54) is 6.92 Å². The van der Waals surface area contributed by atoms with Crippen LogP contribution < -0.4 is 0 Å². The van der Waals surface area contributed by atoms with Gasteiger partial charge in [0.15, 0.2) is 0 Å². The van der Waals surface area contributed by atoms with Crippen LogP contribution in [0.25, 0.3) is 0 Å². The van der Waals surface area contributed by atoms with Gasteiger partial charge >= 0.3 is 11.9 Å². The van der Waals surface area contributed by atoms with Crippen molar-refractivity contribution in [2.24, 2.45) is 0 Å². The van der Waals surface area contributed by atoms with E-state index in [0.29, 0.717) is 0 Å². The molecule has 68 valence electrons. The third-order valence-corrected chi connectivity index (χ3v) is 0.837. The zero-order valence-corrected chi connectivity index (χ0v) is 7.42. The van der Waals surface area contributed by atoms with Gasteiger partial charge in [0.2, 0.25) is 5.76 Å². The van der Waals surface area contributed by atoms with Gasteiger partial charge in [-0.25, -0.2) is 4.79 Å². The summed E-state index contributed by atoms with van der Waals surface area (Å²) in [5.74, 6) is -1.57. The van der Waals surface area contributed by atoms with Gasteiger partial charge in [-0.1, -0.05) is 0 Å². The molecular weight excluding hydrogens is 160 g/mol. The average molecular weight is 172 g/mol. The van der Waals surface area contributed by atoms with Crippen molar-refractivity contribution in [3.8, 4) is 0 Å². The molecule has 0 heterocycles. The minimum atomic E-state index is -0.708. The zero-order valence-electron chi connectivity index (χ0n) is 7.42. The van der Waals surface area contributed by atoms with Gasteiger partial charge in [0.05, 0.1) is 6.10 Å². The lowest BCUT2D eigenvalue weighted by atomic mass is 10.4. The maximum Gasteiger partial charge on any atom is 0.373 e. The summed E-state index contributed by atoms with van der Waals surface area (Å²) < 4.78 is 9.10. The van der Waals surface area contributed by atoms with Crippen molar-refractivity contribution in [1.82, 2.24) is 0 Å². The predicted molar refractivity (Wildman–Crippen MR) is 42.1 cm³/mol. The molecule has 0 rings (SSSR count). The van der Waals surface area contributed by atoms with Crippen molar-refractivity contribution < 1.29 is 19.1 Å². The summed E-state index contributed by atoms with van der Waals surface area (Å²) >= 11 is 0. The molecule has 0 N–H and O–H groups in total. The third kappa shape index (κ3) is 4.49. The molecule has 0 bridgehead atoms. The smallest absolute Gasteiger partial charge is 0.373 e. The fourth-order valence-electron chi connectivity index (χ4n) is 0.495. The molecule has 0 spiro atoms. The summed E-state index contributed by atoms with van der Waals surface area (Å²) in [4.78, 5) is 21.2. The van der Waals surface area contributed by atoms with Crippen LogP contribution >= 0.6 is 0 Å². The van der Waals surface area contributed by atoms with Crippen molar-refractivity contribution in [2.75, 3.05) is 0 Å². The molecule has 0 aliphatic rings. The molecule has 0 saturated carbocycles. The van der Waals surface area contributed by atoms with E-state index in [4.69, 9.17) is 4.74 Å². The standard InChI is InChI=1S/C8H12O4/c1-5(2)11-8(10)6(3)12-7(4)9/h5H,3H2,1-2,4H3. The summed E-state index contributed by atoms with van der Waals surface area (Å²) in [5.41, 5.74) is 0. The van der Waals surface area contributed by atoms with Crippen molar-refractivity contribution in [3.63, 3.8) is 0 Å². The van der Waals surface area contributed by atoms with Gasteiger partial charge in [-0.2, -0.15) is 0 Å². The van der Waals surface area contributed by atoms with Gasteiger partial charge in [0.1, 0.15) is 0 Å². The number of esters is 2. The molecule has 0 aromatic rings. The van der Waals surface area contributed by atoms with Gasteiger partial charge in [0.25, 0.3) is 0 Å². The molecule has 12 heavy (non-hydrogen) atoms. The lowest BCUT2D eigenvalue weighted by Gasteiger charge is -2.08. The van der Waals surface area contributed by atoms with Gasteiger partial charge in [-0.05, 0) is 20.4 Å². The second kappa shape index (κ2) is 4.54. The second-order valence-corrected chi connectivity index (χ2v) is 2.47. The van der Waals surface area contributed by atoms with Crippen molar-refractivity contribution in [1.29, 1.82) is 0 Å². The first-order valence-corrected chi connectivity index (χ1v) is 3.51. The van der Waals surface area contributed by atoms with Crippen LogP contribution in [0.3, 0.4) is 0 Å². The molecule has 0 saturated heterocycles. The van der Waals surface area contributed by atoms with E-state index in [0.717, 1.165) is 0 Å². The number of ether oxygens (including phenoxy) is 2. The SMILES string of the molecule is C=C(OC(C)=O)C(=O)OC(C)C. The van der Waals surface area contributed by atoms with E-state index in [1.807, 2.05) is 0 Å². The minimum absolute atomic E-state index is 0.246. The highest BCUT2D eigenvalue weighted by molar-refractivity contribution is 5.88. The molecular formula is C8H12O4. The molecule has 0 amide bonds. The van der Waals surface area contributed by atoms with Crippen LogP contribution in [-0.4, -0.2) is 18.0 Å². The van der Waals surface area contributed by atoms with Crippen molar-refractivity contribution in [2.45, 2.75) is 26.9 Å². The highest BCUT2D eigenvalue weighted by Gasteiger charge is 2.13. The third-order valence-electron chi connectivity index (χ3n) is 0.837. The van der Waals surface area contributed by atoms with Crippen LogP contribution in [0.2, 0.25) is 0 Å². The summed E-state index contributed by atoms with van der Waals surface area (Å²) in [6.07, 6.45) is -0.246. The Morgan fingerprint density at radius 3 is 2.17 bits per heavy atom. The summed E-state index contributed by atoms with van der Waals surface area (Å²) in [6, 6.07) is 0. The average Bonchev–Trinajstić information content (AvgIpc) is 1.84. The first-order valence-electron chi connectivity index (χ1n) is 3.51. The van der Waals surface area contributed by atoms with Crippen LogP contribution in [0.1, 0.15) is 20.8 Å². The van der Waals surface area contributed by atoms with Crippen molar-refractivity contribution in [3.05, 3.63) is 12.3 Å². The molecule has 4 heteroatoms. The van der Waals surface area contributed by atoms with Crippen LogP contribution in [0.4, 0.5) is 0 Å². The number of carbonyl (C=O) groups excluding carboxylic acids is 2. The van der Waals surface area contributed by atoms with Crippen LogP contribution in [0.15, 0.2) is 12.3 Å². The maximum atomic E-state index is 10.9. The summed E-state index contributed by atoms with van der Waals surface area (Å²) in [7, 11) is 0. The predicted octanol–water partition coefficient (Wildman–Crippen LogP) is 1.01. The maximum absolute atomic E-state index is 10.9. The van der Waals surface area contributed by atoms with Crippen LogP contribution in [0, 0.1) is 0 Å². The Kier molecular flexibility index (Phi) is 4.04. The van der Waals surface area contributed by atoms with Crippen LogP contribution in [-0.2, 0) is 19.1 Å². The van der Waals surface area contributed by atoms with Crippen LogP contribution in [0.5, 0.6) is 0 Å². The number of carbonyl (C=O) groups is 2. The van der Waals surface area contributed by atoms with Crippen molar-refractivity contribution >= 4 is 11.9 Å². The summed E-state index contributed by atoms with van der Waals surface area (Å²) in [6.45, 7) is 7.81. The molecule has 4 nitrogen and oxygen atoms in total. The Morgan fingerprint density at radius 1 is 1.33 bits per heavy atom. The summed E-state index contributed by atoms with van der Waals surface area (Å²) in [5, 5.41) is 0. The highest BCUT2D eigenvalue weighted by atomic mass is 16.6. The van der Waals surface area contributed by atoms with E-state index < -0.39 is 11.9 Å². The monoisotopic (exact) mass is 172 g/mol. The fourth-order valence-corrected chi connectivity index (χ4v) is 0.495. The van der Waals surface area contributed by atoms with E-state index >= 15 is 0 Å². The lowest BCUT2D eigenvalue weighted by Crippen LogP contribution is -2.16. The molecule has 0 unspecified atom stereocenters. The van der Waals surface area contributed by atoms with Gasteiger partial charge in [0, 0.05) is 6.92 Å². The van der Waals surface area contributed by atoms with E-state index in [1.54, 1.807) is 13.8 Å². The molecule has 0 radical (unpaired) electrons. The molecule has 0 aliphatic carbocycles. The Hall–Kier alpha value is -1.32. The lowest BCUT2D eigenvalue weighted by molar-refractivity contribution is -0.152. The fraction of sp³-hybridized carbons (Fsp3) is 0.500. The van der Waals surface area contributed by atoms with E-state index in [-0.39, 0.29) is 11.9 Å². The van der Waals surface area contributed by atoms with Gasteiger partial charge < -0.3 is 9.47 Å². The Bertz CT molecular complexity index is 205. The zero-order chi connectivity index (χ0) is 9.72. The number of rotatable bonds is 3. The largest absolute Gasteiger partial charge is 0.457 e. The first-order chi connectivity index (χ1) is 5.43. The molecule has 0 aliphatic heterocycles. The van der Waals surface area contributed by atoms with Gasteiger partial charge in [-0.3, -0.25) is 4.79 Å². The van der Waals surface area contributed by atoms with E-state index in [2.05, 4.69) is 11.3 Å². The Labute approximate surface area is 71.2 Å². The number of hydrogen-bond acceptors (Lipinski definition) is 4.